The summed E-state index contributed by atoms with van der Waals surface area (Å²) in [6.45, 7) is 9.91. The number of carbonyl (C=O) groups is 5. The Morgan fingerprint density at radius 1 is 0.870 bits per heavy atom. The summed E-state index contributed by atoms with van der Waals surface area (Å²) < 4.78 is 5.42. The SMILES string of the molecule is CC(C)[C@H](NC(=O)CCCCCN)C(=O)N[C@@H](CCCNC(N)=O)C(=O)Nc1ccc(COC(=O)N(C)CCN(C)C(C)C)cc1. The molecule has 0 aliphatic heterocycles. The highest BCUT2D eigenvalue weighted by molar-refractivity contribution is 5.98. The second kappa shape index (κ2) is 21.8. The maximum atomic E-state index is 13.3. The lowest BCUT2D eigenvalue weighted by molar-refractivity contribution is -0.132. The summed E-state index contributed by atoms with van der Waals surface area (Å²) in [5, 5.41) is 10.9. The molecular formula is C32H56N8O6. The van der Waals surface area contributed by atoms with Crippen molar-refractivity contribution in [1.29, 1.82) is 0 Å². The van der Waals surface area contributed by atoms with Crippen molar-refractivity contribution in [3.05, 3.63) is 29.8 Å². The molecule has 14 heteroatoms. The number of likely N-dealkylation sites (N-methyl/N-ethyl adjacent to an activating group) is 2. The maximum absolute atomic E-state index is 13.3. The molecule has 0 heterocycles. The number of ether oxygens (including phenoxy) is 1. The Hall–Kier alpha value is -3.91. The minimum absolute atomic E-state index is 0.0678. The van der Waals surface area contributed by atoms with Crippen LogP contribution in [0.3, 0.4) is 0 Å². The van der Waals surface area contributed by atoms with Gasteiger partial charge in [0.2, 0.25) is 17.7 Å². The molecule has 260 valence electrons. The predicted octanol–water partition coefficient (Wildman–Crippen LogP) is 2.13. The lowest BCUT2D eigenvalue weighted by Gasteiger charge is -2.25. The molecule has 2 atom stereocenters. The van der Waals surface area contributed by atoms with E-state index in [9.17, 15) is 24.0 Å². The average Bonchev–Trinajstić information content (AvgIpc) is 3.00. The Morgan fingerprint density at radius 3 is 2.13 bits per heavy atom. The first-order valence-corrected chi connectivity index (χ1v) is 16.1. The molecule has 1 rings (SSSR count). The fourth-order valence-electron chi connectivity index (χ4n) is 4.26. The molecule has 14 nitrogen and oxygen atoms in total. The lowest BCUT2D eigenvalue weighted by Crippen LogP contribution is -2.54. The van der Waals surface area contributed by atoms with E-state index in [1.807, 2.05) is 20.9 Å². The van der Waals surface area contributed by atoms with Gasteiger partial charge in [-0.2, -0.15) is 0 Å². The summed E-state index contributed by atoms with van der Waals surface area (Å²) in [6, 6.07) is 4.73. The molecule has 0 aliphatic carbocycles. The van der Waals surface area contributed by atoms with Crippen LogP contribution in [0.1, 0.15) is 71.8 Å². The monoisotopic (exact) mass is 648 g/mol. The molecule has 0 aliphatic rings. The molecule has 0 bridgehead atoms. The van der Waals surface area contributed by atoms with Crippen LogP contribution in [0.4, 0.5) is 15.3 Å². The Morgan fingerprint density at radius 2 is 1.54 bits per heavy atom. The zero-order chi connectivity index (χ0) is 34.6. The van der Waals surface area contributed by atoms with Crippen LogP contribution in [0.5, 0.6) is 0 Å². The minimum atomic E-state index is -0.948. The van der Waals surface area contributed by atoms with E-state index in [4.69, 9.17) is 16.2 Å². The van der Waals surface area contributed by atoms with Crippen molar-refractivity contribution in [1.82, 2.24) is 25.8 Å². The van der Waals surface area contributed by atoms with Crippen LogP contribution < -0.4 is 32.7 Å². The average molecular weight is 649 g/mol. The molecule has 0 fully saturated rings. The van der Waals surface area contributed by atoms with Gasteiger partial charge in [-0.1, -0.05) is 32.4 Å². The number of carbonyl (C=O) groups excluding carboxylic acids is 5. The number of rotatable bonds is 21. The van der Waals surface area contributed by atoms with Gasteiger partial charge < -0.3 is 47.3 Å². The van der Waals surface area contributed by atoms with Crippen molar-refractivity contribution in [2.24, 2.45) is 17.4 Å². The van der Waals surface area contributed by atoms with Gasteiger partial charge in [0.15, 0.2) is 0 Å². The van der Waals surface area contributed by atoms with Crippen LogP contribution in [-0.2, 0) is 25.7 Å². The third-order valence-corrected chi connectivity index (χ3v) is 7.54. The number of amides is 6. The normalized spacial score (nSPS) is 12.4. The summed E-state index contributed by atoms with van der Waals surface area (Å²) >= 11 is 0. The van der Waals surface area contributed by atoms with Gasteiger partial charge in [-0.3, -0.25) is 14.4 Å². The molecule has 0 spiro atoms. The first-order chi connectivity index (χ1) is 21.7. The zero-order valence-electron chi connectivity index (χ0n) is 28.4. The maximum Gasteiger partial charge on any atom is 0.409 e. The number of anilines is 1. The number of urea groups is 1. The first-order valence-electron chi connectivity index (χ1n) is 16.1. The van der Waals surface area contributed by atoms with Crippen molar-refractivity contribution in [3.8, 4) is 0 Å². The Balaban J connectivity index is 2.82. The Kier molecular flexibility index (Phi) is 19.0. The lowest BCUT2D eigenvalue weighted by atomic mass is 10.0. The Labute approximate surface area is 273 Å². The number of hydrogen-bond donors (Lipinski definition) is 6. The van der Waals surface area contributed by atoms with Crippen LogP contribution in [0.2, 0.25) is 0 Å². The predicted molar refractivity (Wildman–Crippen MR) is 179 cm³/mol. The van der Waals surface area contributed by atoms with Gasteiger partial charge in [0.25, 0.3) is 0 Å². The summed E-state index contributed by atoms with van der Waals surface area (Å²) in [6.07, 6.45) is 2.75. The van der Waals surface area contributed by atoms with Crippen molar-refractivity contribution in [3.63, 3.8) is 0 Å². The molecule has 0 radical (unpaired) electrons. The second-order valence-corrected chi connectivity index (χ2v) is 12.1. The molecular weight excluding hydrogens is 592 g/mol. The molecule has 0 aromatic heterocycles. The van der Waals surface area contributed by atoms with E-state index in [1.165, 1.54) is 4.90 Å². The minimum Gasteiger partial charge on any atom is -0.445 e. The smallest absolute Gasteiger partial charge is 0.409 e. The number of benzene rings is 1. The van der Waals surface area contributed by atoms with Crippen LogP contribution in [0, 0.1) is 5.92 Å². The number of unbranched alkanes of at least 4 members (excludes halogenated alkanes) is 2. The van der Waals surface area contributed by atoms with Crippen molar-refractivity contribution in [2.45, 2.75) is 91.0 Å². The molecule has 1 aromatic rings. The first kappa shape index (κ1) is 40.1. The van der Waals surface area contributed by atoms with Gasteiger partial charge in [0.1, 0.15) is 18.7 Å². The highest BCUT2D eigenvalue weighted by Gasteiger charge is 2.28. The standard InChI is InChI=1S/C32H56N8O6/c1-22(2)28(38-27(41)12-8-7-9-17-33)30(43)37-26(11-10-18-35-31(34)44)29(42)36-25-15-13-24(14-16-25)21-46-32(45)40(6)20-19-39(5)23(3)4/h13-16,22-23,26,28H,7-12,17-21,33H2,1-6H3,(H,36,42)(H,37,43)(H,38,41)(H3,34,35,44)/t26-,28-/m0/s1. The Bertz CT molecular complexity index is 1100. The molecule has 0 saturated carbocycles. The van der Waals surface area contributed by atoms with Crippen LogP contribution >= 0.6 is 0 Å². The topological polar surface area (TPSA) is 201 Å². The van der Waals surface area contributed by atoms with Gasteiger partial charge in [-0.15, -0.1) is 0 Å². The molecule has 6 amide bonds. The van der Waals surface area contributed by atoms with E-state index >= 15 is 0 Å². The number of hydrogen-bond acceptors (Lipinski definition) is 8. The van der Waals surface area contributed by atoms with Gasteiger partial charge in [0, 0.05) is 44.8 Å². The molecule has 8 N–H and O–H groups in total. The van der Waals surface area contributed by atoms with E-state index < -0.39 is 36.0 Å². The van der Waals surface area contributed by atoms with E-state index in [0.717, 1.165) is 24.9 Å². The number of nitrogens with one attached hydrogen (secondary N) is 4. The molecule has 0 saturated heterocycles. The number of nitrogens with zero attached hydrogens (tertiary/aromatic N) is 2. The highest BCUT2D eigenvalue weighted by Crippen LogP contribution is 2.13. The van der Waals surface area contributed by atoms with Crippen molar-refractivity contribution < 1.29 is 28.7 Å². The summed E-state index contributed by atoms with van der Waals surface area (Å²) in [7, 11) is 3.69. The summed E-state index contributed by atoms with van der Waals surface area (Å²) in [5.41, 5.74) is 11.9. The van der Waals surface area contributed by atoms with Crippen LogP contribution in [0.25, 0.3) is 0 Å². The van der Waals surface area contributed by atoms with Crippen molar-refractivity contribution in [2.75, 3.05) is 45.6 Å². The highest BCUT2D eigenvalue weighted by atomic mass is 16.6. The van der Waals surface area contributed by atoms with Gasteiger partial charge in [-0.25, -0.2) is 9.59 Å². The van der Waals surface area contributed by atoms with E-state index in [1.54, 1.807) is 31.3 Å². The van der Waals surface area contributed by atoms with E-state index in [-0.39, 0.29) is 37.8 Å². The molecule has 46 heavy (non-hydrogen) atoms. The molecule has 0 unspecified atom stereocenters. The largest absolute Gasteiger partial charge is 0.445 e. The van der Waals surface area contributed by atoms with Gasteiger partial charge >= 0.3 is 12.1 Å². The van der Waals surface area contributed by atoms with Crippen molar-refractivity contribution >= 4 is 35.5 Å². The van der Waals surface area contributed by atoms with E-state index in [0.29, 0.717) is 37.7 Å². The number of nitrogens with two attached hydrogens (primary N) is 2. The number of primary amides is 1. The van der Waals surface area contributed by atoms with Gasteiger partial charge in [0.05, 0.1) is 0 Å². The third-order valence-electron chi connectivity index (χ3n) is 7.54. The van der Waals surface area contributed by atoms with E-state index in [2.05, 4.69) is 40.0 Å². The van der Waals surface area contributed by atoms with Crippen LogP contribution in [0.15, 0.2) is 24.3 Å². The fourth-order valence-corrected chi connectivity index (χ4v) is 4.26. The third kappa shape index (κ3) is 16.4. The fraction of sp³-hybridized carbons (Fsp3) is 0.656. The summed E-state index contributed by atoms with van der Waals surface area (Å²) in [5.74, 6) is -1.41. The zero-order valence-corrected chi connectivity index (χ0v) is 28.4. The second-order valence-electron chi connectivity index (χ2n) is 12.1. The summed E-state index contributed by atoms with van der Waals surface area (Å²) in [4.78, 5) is 66.2. The van der Waals surface area contributed by atoms with Crippen LogP contribution in [-0.4, -0.2) is 98.0 Å². The molecule has 1 aromatic carbocycles. The van der Waals surface area contributed by atoms with Gasteiger partial charge in [-0.05, 0) is 76.7 Å². The quantitative estimate of drug-likeness (QED) is 0.109.